The molecule has 0 radical (unpaired) electrons. The summed E-state index contributed by atoms with van der Waals surface area (Å²) in [5, 5.41) is 3.12. The third kappa shape index (κ3) is 5.69. The Balaban J connectivity index is 2.24. The number of amides is 1. The second kappa shape index (κ2) is 10.6. The first kappa shape index (κ1) is 23.1. The van der Waals surface area contributed by atoms with E-state index in [2.05, 4.69) is 37.2 Å². The van der Waals surface area contributed by atoms with E-state index in [4.69, 9.17) is 11.5 Å². The van der Waals surface area contributed by atoms with Gasteiger partial charge >= 0.3 is 0 Å². The number of aliphatic imine (C=N–C) groups is 1. The third-order valence-corrected chi connectivity index (χ3v) is 6.40. The molecule has 1 aliphatic carbocycles. The Morgan fingerprint density at radius 2 is 2.07 bits per heavy atom. The Morgan fingerprint density at radius 3 is 2.59 bits per heavy atom. The van der Waals surface area contributed by atoms with Crippen LogP contribution in [0.2, 0.25) is 0 Å². The summed E-state index contributed by atoms with van der Waals surface area (Å²) >= 11 is 0. The second-order valence-electron chi connectivity index (χ2n) is 8.21. The van der Waals surface area contributed by atoms with Gasteiger partial charge in [0.1, 0.15) is 0 Å². The predicted molar refractivity (Wildman–Crippen MR) is 124 cm³/mol. The molecule has 0 bridgehead atoms. The van der Waals surface area contributed by atoms with Crippen LogP contribution in [0.4, 0.5) is 11.4 Å². The van der Waals surface area contributed by atoms with E-state index in [0.29, 0.717) is 30.5 Å². The molecule has 0 aromatic heterocycles. The standard InChI is InChI=1S/C24H38N4O/c1-6-19(17-8-9-17)15(3)20(7-2)21(12-13-25)24(29)28-18-10-11-23(26)22(14-18)16(4)27-5/h6,10-11,14-15,17,20-21H,7-9,12-13,25-26H2,1-5H3,(H,28,29)/b19-6+,27-16?/t15-,20?,21?/m1/s1. The highest BCUT2D eigenvalue weighted by molar-refractivity contribution is 6.04. The van der Waals surface area contributed by atoms with Gasteiger partial charge in [0.05, 0.1) is 0 Å². The molecule has 1 saturated carbocycles. The zero-order chi connectivity index (χ0) is 21.6. The molecule has 1 amide bonds. The van der Waals surface area contributed by atoms with Gasteiger partial charge in [0.15, 0.2) is 0 Å². The lowest BCUT2D eigenvalue weighted by atomic mass is 9.74. The highest BCUT2D eigenvalue weighted by atomic mass is 16.1. The van der Waals surface area contributed by atoms with Gasteiger partial charge in [0, 0.05) is 35.6 Å². The van der Waals surface area contributed by atoms with Crippen LogP contribution in [-0.2, 0) is 4.79 Å². The quantitative estimate of drug-likeness (QED) is 0.305. The molecule has 5 N–H and O–H groups in total. The van der Waals surface area contributed by atoms with E-state index in [9.17, 15) is 4.79 Å². The third-order valence-electron chi connectivity index (χ3n) is 6.40. The summed E-state index contributed by atoms with van der Waals surface area (Å²) in [7, 11) is 1.74. The summed E-state index contributed by atoms with van der Waals surface area (Å²) in [6.45, 7) is 9.01. The van der Waals surface area contributed by atoms with Crippen molar-refractivity contribution in [2.45, 2.75) is 53.4 Å². The molecule has 0 spiro atoms. The lowest BCUT2D eigenvalue weighted by Crippen LogP contribution is -2.35. The molecule has 160 valence electrons. The van der Waals surface area contributed by atoms with E-state index < -0.39 is 0 Å². The smallest absolute Gasteiger partial charge is 0.227 e. The molecule has 0 aliphatic heterocycles. The number of nitrogens with zero attached hydrogens (tertiary/aromatic N) is 1. The Kier molecular flexibility index (Phi) is 8.45. The summed E-state index contributed by atoms with van der Waals surface area (Å²) in [6, 6.07) is 5.58. The first-order valence-corrected chi connectivity index (χ1v) is 10.9. The Labute approximate surface area is 176 Å². The minimum Gasteiger partial charge on any atom is -0.398 e. The van der Waals surface area contributed by atoms with Crippen molar-refractivity contribution in [1.82, 2.24) is 0 Å². The summed E-state index contributed by atoms with van der Waals surface area (Å²) in [4.78, 5) is 17.5. The number of nitrogens with one attached hydrogen (secondary N) is 1. The number of hydrogen-bond donors (Lipinski definition) is 3. The molecule has 1 aromatic carbocycles. The maximum atomic E-state index is 13.3. The predicted octanol–water partition coefficient (Wildman–Crippen LogP) is 4.63. The number of hydrogen-bond acceptors (Lipinski definition) is 4. The summed E-state index contributed by atoms with van der Waals surface area (Å²) in [5.41, 5.74) is 16.6. The van der Waals surface area contributed by atoms with Crippen molar-refractivity contribution in [3.63, 3.8) is 0 Å². The molecule has 5 heteroatoms. The number of anilines is 2. The number of carbonyl (C=O) groups is 1. The molecule has 2 unspecified atom stereocenters. The van der Waals surface area contributed by atoms with Gasteiger partial charge in [-0.3, -0.25) is 9.79 Å². The molecule has 0 saturated heterocycles. The molecular formula is C24H38N4O. The molecule has 0 heterocycles. The van der Waals surface area contributed by atoms with Gasteiger partial charge in [0.2, 0.25) is 5.91 Å². The van der Waals surface area contributed by atoms with E-state index in [1.54, 1.807) is 7.05 Å². The van der Waals surface area contributed by atoms with Gasteiger partial charge in [-0.25, -0.2) is 0 Å². The minimum absolute atomic E-state index is 0.0437. The van der Waals surface area contributed by atoms with E-state index in [1.807, 2.05) is 25.1 Å². The zero-order valence-corrected chi connectivity index (χ0v) is 18.7. The Morgan fingerprint density at radius 1 is 1.38 bits per heavy atom. The molecule has 3 atom stereocenters. The Bertz CT molecular complexity index is 764. The van der Waals surface area contributed by atoms with E-state index in [1.165, 1.54) is 18.4 Å². The van der Waals surface area contributed by atoms with Gasteiger partial charge in [-0.1, -0.05) is 31.9 Å². The number of benzene rings is 1. The molecule has 1 aromatic rings. The largest absolute Gasteiger partial charge is 0.398 e. The van der Waals surface area contributed by atoms with E-state index in [-0.39, 0.29) is 17.7 Å². The van der Waals surface area contributed by atoms with Gasteiger partial charge in [-0.15, -0.1) is 0 Å². The second-order valence-corrected chi connectivity index (χ2v) is 8.21. The van der Waals surface area contributed by atoms with Crippen LogP contribution in [-0.4, -0.2) is 25.2 Å². The van der Waals surface area contributed by atoms with Gasteiger partial charge in [-0.05, 0) is 75.6 Å². The van der Waals surface area contributed by atoms with E-state index >= 15 is 0 Å². The van der Waals surface area contributed by atoms with Crippen LogP contribution in [0.3, 0.4) is 0 Å². The molecule has 29 heavy (non-hydrogen) atoms. The van der Waals surface area contributed by atoms with Crippen LogP contribution in [0.5, 0.6) is 0 Å². The summed E-state index contributed by atoms with van der Waals surface area (Å²) < 4.78 is 0. The Hall–Kier alpha value is -2.14. The first-order valence-electron chi connectivity index (χ1n) is 10.9. The normalized spacial score (nSPS) is 18.3. The van der Waals surface area contributed by atoms with Crippen LogP contribution in [0.25, 0.3) is 0 Å². The van der Waals surface area contributed by atoms with Crippen molar-refractivity contribution < 1.29 is 4.79 Å². The number of nitrogen functional groups attached to an aromatic ring is 1. The fraction of sp³-hybridized carbons (Fsp3) is 0.583. The highest BCUT2D eigenvalue weighted by Gasteiger charge is 2.36. The lowest BCUT2D eigenvalue weighted by Gasteiger charge is -2.32. The highest BCUT2D eigenvalue weighted by Crippen LogP contribution is 2.44. The van der Waals surface area contributed by atoms with E-state index in [0.717, 1.165) is 23.4 Å². The number of allylic oxidation sites excluding steroid dienone is 2. The fourth-order valence-corrected chi connectivity index (χ4v) is 4.54. The summed E-state index contributed by atoms with van der Waals surface area (Å²) in [5.74, 6) is 1.30. The first-order chi connectivity index (χ1) is 13.9. The molecule has 5 nitrogen and oxygen atoms in total. The lowest BCUT2D eigenvalue weighted by molar-refractivity contribution is -0.122. The maximum Gasteiger partial charge on any atom is 0.227 e. The molecule has 1 fully saturated rings. The van der Waals surface area contributed by atoms with Crippen molar-refractivity contribution in [3.8, 4) is 0 Å². The van der Waals surface area contributed by atoms with Gasteiger partial charge in [0.25, 0.3) is 0 Å². The number of carbonyl (C=O) groups excluding carboxylic acids is 1. The summed E-state index contributed by atoms with van der Waals surface area (Å²) in [6.07, 6.45) is 6.47. The van der Waals surface area contributed by atoms with Crippen molar-refractivity contribution in [3.05, 3.63) is 35.4 Å². The number of nitrogens with two attached hydrogens (primary N) is 2. The van der Waals surface area contributed by atoms with Crippen molar-refractivity contribution in [1.29, 1.82) is 0 Å². The molecule has 2 rings (SSSR count). The van der Waals surface area contributed by atoms with Crippen molar-refractivity contribution in [2.75, 3.05) is 24.6 Å². The number of rotatable bonds is 10. The zero-order valence-electron chi connectivity index (χ0n) is 18.7. The maximum absolute atomic E-state index is 13.3. The van der Waals surface area contributed by atoms with Crippen LogP contribution in [0.1, 0.15) is 58.9 Å². The minimum atomic E-state index is -0.115. The SMILES string of the molecule is C/C=C(/C1CC1)[C@@H](C)C(CC)C(CCN)C(=O)Nc1ccc(N)c(C(C)=NC)c1. The van der Waals surface area contributed by atoms with Gasteiger partial charge in [-0.2, -0.15) is 0 Å². The molecule has 1 aliphatic rings. The van der Waals surface area contributed by atoms with Gasteiger partial charge < -0.3 is 16.8 Å². The monoisotopic (exact) mass is 398 g/mol. The van der Waals surface area contributed by atoms with Crippen molar-refractivity contribution in [2.24, 2.45) is 34.4 Å². The average Bonchev–Trinajstić information content (AvgIpc) is 3.54. The topological polar surface area (TPSA) is 93.5 Å². The van der Waals surface area contributed by atoms with Crippen molar-refractivity contribution >= 4 is 23.0 Å². The van der Waals surface area contributed by atoms with Crippen LogP contribution in [0, 0.1) is 23.7 Å². The van der Waals surface area contributed by atoms with Crippen LogP contribution in [0.15, 0.2) is 34.8 Å². The van der Waals surface area contributed by atoms with Crippen LogP contribution < -0.4 is 16.8 Å². The van der Waals surface area contributed by atoms with Crippen LogP contribution >= 0.6 is 0 Å². The fourth-order valence-electron chi connectivity index (χ4n) is 4.54. The molecular weight excluding hydrogens is 360 g/mol. The average molecular weight is 399 g/mol.